The number of hydrogen-bond acceptors (Lipinski definition) is 3. The second-order valence-corrected chi connectivity index (χ2v) is 5.78. The Hall–Kier alpha value is -2.20. The highest BCUT2D eigenvalue weighted by molar-refractivity contribution is 6.33. The van der Waals surface area contributed by atoms with Gasteiger partial charge < -0.3 is 16.0 Å². The zero-order valence-electron chi connectivity index (χ0n) is 14.8. The van der Waals surface area contributed by atoms with Gasteiger partial charge in [-0.3, -0.25) is 4.79 Å². The van der Waals surface area contributed by atoms with Crippen molar-refractivity contribution in [3.63, 3.8) is 0 Å². The van der Waals surface area contributed by atoms with Crippen LogP contribution in [-0.4, -0.2) is 19.0 Å². The van der Waals surface area contributed by atoms with E-state index in [1.54, 1.807) is 6.07 Å². The van der Waals surface area contributed by atoms with Gasteiger partial charge >= 0.3 is 0 Å². The topological polar surface area (TPSA) is 58.4 Å². The fraction of sp³-hybridized carbons (Fsp3) is 0.316. The number of para-hydroxylation sites is 1. The molecule has 0 fully saturated rings. The average Bonchev–Trinajstić information content (AvgIpc) is 2.54. The molecule has 130 valence electrons. The maximum Gasteiger partial charge on any atom is 0.221 e. The highest BCUT2D eigenvalue weighted by atomic mass is 35.5. The number of nitrogens with zero attached hydrogens (tertiary/aromatic N) is 1. The lowest BCUT2D eigenvalue weighted by molar-refractivity contribution is -0.114. The van der Waals surface area contributed by atoms with E-state index in [4.69, 9.17) is 17.3 Å². The van der Waals surface area contributed by atoms with Gasteiger partial charge in [0.2, 0.25) is 5.91 Å². The van der Waals surface area contributed by atoms with Crippen LogP contribution in [0.5, 0.6) is 0 Å². The molecule has 2 aromatic rings. The van der Waals surface area contributed by atoms with Crippen molar-refractivity contribution in [3.8, 4) is 0 Å². The van der Waals surface area contributed by atoms with Crippen LogP contribution in [0.3, 0.4) is 0 Å². The third-order valence-electron chi connectivity index (χ3n) is 3.57. The number of rotatable bonds is 4. The highest BCUT2D eigenvalue weighted by Gasteiger charge is 2.02. The number of halogens is 1. The van der Waals surface area contributed by atoms with Gasteiger partial charge in [0.1, 0.15) is 0 Å². The van der Waals surface area contributed by atoms with Gasteiger partial charge in [-0.05, 0) is 50.6 Å². The van der Waals surface area contributed by atoms with Crippen LogP contribution in [0.15, 0.2) is 42.5 Å². The van der Waals surface area contributed by atoms with Crippen molar-refractivity contribution < 1.29 is 4.79 Å². The maximum absolute atomic E-state index is 10.9. The first-order valence-corrected chi connectivity index (χ1v) is 8.40. The monoisotopic (exact) mass is 347 g/mol. The summed E-state index contributed by atoms with van der Waals surface area (Å²) in [5.41, 5.74) is 9.26. The number of hydrogen-bond donors (Lipinski definition) is 2. The van der Waals surface area contributed by atoms with Crippen molar-refractivity contribution in [2.45, 2.75) is 27.7 Å². The Kier molecular flexibility index (Phi) is 8.13. The van der Waals surface area contributed by atoms with Crippen molar-refractivity contribution in [1.82, 2.24) is 0 Å². The van der Waals surface area contributed by atoms with Crippen LogP contribution in [0.1, 0.15) is 26.3 Å². The summed E-state index contributed by atoms with van der Waals surface area (Å²) in [5, 5.41) is 3.42. The normalized spacial score (nSPS) is 9.71. The molecule has 4 nitrogen and oxygen atoms in total. The van der Waals surface area contributed by atoms with E-state index < -0.39 is 0 Å². The fourth-order valence-corrected chi connectivity index (χ4v) is 2.44. The molecule has 0 unspecified atom stereocenters. The number of carbonyl (C=O) groups excluding carboxylic acids is 1. The SMILES string of the molecule is CCN(CC)c1cccc(NC(C)=O)c1.Cc1cccc(Cl)c1N. The summed E-state index contributed by atoms with van der Waals surface area (Å²) in [5.74, 6) is -0.0355. The molecule has 1 amide bonds. The maximum atomic E-state index is 10.9. The Balaban J connectivity index is 0.000000272. The number of nitrogens with one attached hydrogen (secondary N) is 1. The van der Waals surface area contributed by atoms with E-state index in [9.17, 15) is 4.79 Å². The predicted octanol–water partition coefficient (Wildman–Crippen LogP) is 4.72. The second-order valence-electron chi connectivity index (χ2n) is 5.37. The molecule has 0 radical (unpaired) electrons. The smallest absolute Gasteiger partial charge is 0.221 e. The fourth-order valence-electron chi connectivity index (χ4n) is 2.22. The van der Waals surface area contributed by atoms with E-state index >= 15 is 0 Å². The van der Waals surface area contributed by atoms with Gasteiger partial charge in [-0.25, -0.2) is 0 Å². The molecular weight excluding hydrogens is 322 g/mol. The lowest BCUT2D eigenvalue weighted by Crippen LogP contribution is -2.21. The summed E-state index contributed by atoms with van der Waals surface area (Å²) in [7, 11) is 0. The minimum Gasteiger partial charge on any atom is -0.397 e. The van der Waals surface area contributed by atoms with Crippen LogP contribution in [0.2, 0.25) is 5.02 Å². The van der Waals surface area contributed by atoms with Gasteiger partial charge in [0.25, 0.3) is 0 Å². The standard InChI is InChI=1S/C12H18N2O.C7H8ClN/c1-4-14(5-2)12-8-6-7-11(9-12)13-10(3)15;1-5-3-2-4-6(8)7(5)9/h6-9H,4-5H2,1-3H3,(H,13,15);2-4H,9H2,1H3. The summed E-state index contributed by atoms with van der Waals surface area (Å²) >= 11 is 5.69. The number of amides is 1. The molecule has 24 heavy (non-hydrogen) atoms. The highest BCUT2D eigenvalue weighted by Crippen LogP contribution is 2.21. The third-order valence-corrected chi connectivity index (χ3v) is 3.90. The quantitative estimate of drug-likeness (QED) is 0.786. The number of aryl methyl sites for hydroxylation is 1. The molecule has 2 rings (SSSR count). The molecule has 0 atom stereocenters. The minimum atomic E-state index is -0.0355. The van der Waals surface area contributed by atoms with Gasteiger partial charge in [-0.1, -0.05) is 29.8 Å². The Bertz CT molecular complexity index is 649. The molecule has 0 bridgehead atoms. The Morgan fingerprint density at radius 2 is 1.79 bits per heavy atom. The van der Waals surface area contributed by atoms with Crippen molar-refractivity contribution in [1.29, 1.82) is 0 Å². The van der Waals surface area contributed by atoms with E-state index in [2.05, 4.69) is 30.1 Å². The molecule has 3 N–H and O–H groups in total. The molecule has 5 heteroatoms. The second kappa shape index (κ2) is 9.83. The zero-order valence-corrected chi connectivity index (χ0v) is 15.5. The van der Waals surface area contributed by atoms with Crippen LogP contribution >= 0.6 is 11.6 Å². The van der Waals surface area contributed by atoms with Crippen LogP contribution < -0.4 is 16.0 Å². The molecule has 2 aromatic carbocycles. The summed E-state index contributed by atoms with van der Waals surface area (Å²) in [6.45, 7) is 9.63. The van der Waals surface area contributed by atoms with E-state index in [1.165, 1.54) is 6.92 Å². The molecule has 0 heterocycles. The average molecular weight is 348 g/mol. The third kappa shape index (κ3) is 6.13. The van der Waals surface area contributed by atoms with E-state index in [0.29, 0.717) is 10.7 Å². The van der Waals surface area contributed by atoms with Crippen LogP contribution in [0.4, 0.5) is 17.1 Å². The van der Waals surface area contributed by atoms with E-state index in [-0.39, 0.29) is 5.91 Å². The minimum absolute atomic E-state index is 0.0355. The van der Waals surface area contributed by atoms with Crippen molar-refractivity contribution >= 4 is 34.6 Å². The van der Waals surface area contributed by atoms with Gasteiger partial charge in [-0.2, -0.15) is 0 Å². The van der Waals surface area contributed by atoms with Gasteiger partial charge in [0, 0.05) is 31.4 Å². The Labute approximate surface area is 149 Å². The van der Waals surface area contributed by atoms with Crippen molar-refractivity contribution in [3.05, 3.63) is 53.1 Å². The Morgan fingerprint density at radius 3 is 2.29 bits per heavy atom. The van der Waals surface area contributed by atoms with Crippen molar-refractivity contribution in [2.75, 3.05) is 29.0 Å². The van der Waals surface area contributed by atoms with Gasteiger partial charge in [-0.15, -0.1) is 0 Å². The van der Waals surface area contributed by atoms with Crippen LogP contribution in [-0.2, 0) is 4.79 Å². The van der Waals surface area contributed by atoms with E-state index in [1.807, 2.05) is 37.3 Å². The number of carbonyl (C=O) groups is 1. The Morgan fingerprint density at radius 1 is 1.17 bits per heavy atom. The molecule has 0 aliphatic heterocycles. The first kappa shape index (κ1) is 19.8. The molecule has 0 aromatic heterocycles. The molecule has 0 spiro atoms. The first-order chi connectivity index (χ1) is 11.4. The van der Waals surface area contributed by atoms with Gasteiger partial charge in [0.15, 0.2) is 0 Å². The molecular formula is C19H26ClN3O. The lowest BCUT2D eigenvalue weighted by Gasteiger charge is -2.21. The number of anilines is 3. The largest absolute Gasteiger partial charge is 0.397 e. The summed E-state index contributed by atoms with van der Waals surface area (Å²) in [4.78, 5) is 13.2. The first-order valence-electron chi connectivity index (χ1n) is 8.02. The molecule has 0 saturated carbocycles. The van der Waals surface area contributed by atoms with Crippen molar-refractivity contribution in [2.24, 2.45) is 0 Å². The molecule has 0 saturated heterocycles. The predicted molar refractivity (Wildman–Crippen MR) is 105 cm³/mol. The van der Waals surface area contributed by atoms with Crippen LogP contribution in [0.25, 0.3) is 0 Å². The zero-order chi connectivity index (χ0) is 18.1. The molecule has 0 aliphatic carbocycles. The summed E-state index contributed by atoms with van der Waals surface area (Å²) in [6.07, 6.45) is 0. The number of nitrogens with two attached hydrogens (primary N) is 1. The summed E-state index contributed by atoms with van der Waals surface area (Å²) in [6, 6.07) is 13.5. The number of benzene rings is 2. The van der Waals surface area contributed by atoms with E-state index in [0.717, 1.165) is 30.0 Å². The number of nitrogen functional groups attached to an aromatic ring is 1. The van der Waals surface area contributed by atoms with Crippen LogP contribution in [0, 0.1) is 6.92 Å². The summed E-state index contributed by atoms with van der Waals surface area (Å²) < 4.78 is 0. The van der Waals surface area contributed by atoms with Gasteiger partial charge in [0.05, 0.1) is 10.7 Å². The lowest BCUT2D eigenvalue weighted by atomic mass is 10.2. The molecule has 0 aliphatic rings.